The first-order valence-corrected chi connectivity index (χ1v) is 17.7. The monoisotopic (exact) mass is 698 g/mol. The van der Waals surface area contributed by atoms with Crippen LogP contribution in [0.4, 0.5) is 4.79 Å². The maximum absolute atomic E-state index is 14.2. The highest BCUT2D eigenvalue weighted by Crippen LogP contribution is 2.29. The third-order valence-corrected chi connectivity index (χ3v) is 9.65. The number of carbonyl (C=O) groups is 4. The van der Waals surface area contributed by atoms with Crippen LogP contribution in [0.5, 0.6) is 0 Å². The highest BCUT2D eigenvalue weighted by Gasteiger charge is 2.41. The van der Waals surface area contributed by atoms with E-state index in [4.69, 9.17) is 14.2 Å². The van der Waals surface area contributed by atoms with Crippen molar-refractivity contribution in [3.8, 4) is 0 Å². The normalized spacial score (nSPS) is 18.9. The van der Waals surface area contributed by atoms with Gasteiger partial charge in [-0.25, -0.2) is 9.78 Å². The molecule has 14 nitrogen and oxygen atoms in total. The molecule has 2 fully saturated rings. The molecule has 4 rings (SSSR count). The van der Waals surface area contributed by atoms with Crippen molar-refractivity contribution in [3.63, 3.8) is 0 Å². The molecule has 1 aliphatic heterocycles. The molecule has 0 bridgehead atoms. The Balaban J connectivity index is 1.52. The first-order valence-electron chi connectivity index (χ1n) is 17.7. The maximum atomic E-state index is 14.2. The van der Waals surface area contributed by atoms with E-state index in [1.54, 1.807) is 13.2 Å². The fourth-order valence-corrected chi connectivity index (χ4v) is 6.68. The number of amides is 4. The Labute approximate surface area is 294 Å². The standard InChI is InChI=1S/C36H54N6O8/c1-4-42-22-31(50-36(42)47)33(44)29(18-26-13-9-6-10-14-26)39-35(46)30(20-28-21-37-23-38-28)40-34(45)27(17-25-11-7-5-8-12-25)19-32(43)41(2)15-16-49-24-48-3/h5,7-8,11-12,21,23,26-27,29-31,33,44H,4,6,9-10,13-20,22,24H2,1-3H3,(H,37,38)(H,39,46)(H,40,45)/t27-,29+,30+,31+,33-/m1/s1. The Bertz CT molecular complexity index is 1340. The summed E-state index contributed by atoms with van der Waals surface area (Å²) in [4.78, 5) is 64.0. The molecule has 0 unspecified atom stereocenters. The summed E-state index contributed by atoms with van der Waals surface area (Å²) in [6.07, 6.45) is 6.78. The van der Waals surface area contributed by atoms with Crippen molar-refractivity contribution in [2.24, 2.45) is 11.8 Å². The number of imidazole rings is 1. The van der Waals surface area contributed by atoms with Crippen molar-refractivity contribution in [2.75, 3.05) is 47.2 Å². The van der Waals surface area contributed by atoms with Gasteiger partial charge in [-0.1, -0.05) is 62.4 Å². The number of likely N-dealkylation sites (N-methyl/N-ethyl adjacent to an activating group) is 2. The highest BCUT2D eigenvalue weighted by atomic mass is 16.7. The number of aromatic nitrogens is 2. The number of aliphatic hydroxyl groups is 1. The Morgan fingerprint density at radius 3 is 2.54 bits per heavy atom. The Kier molecular flexibility index (Phi) is 15.5. The van der Waals surface area contributed by atoms with Gasteiger partial charge in [0.1, 0.15) is 25.0 Å². The lowest BCUT2D eigenvalue weighted by molar-refractivity contribution is -0.137. The van der Waals surface area contributed by atoms with Gasteiger partial charge >= 0.3 is 6.09 Å². The topological polar surface area (TPSA) is 175 Å². The molecule has 2 heterocycles. The highest BCUT2D eigenvalue weighted by molar-refractivity contribution is 5.91. The zero-order chi connectivity index (χ0) is 35.9. The van der Waals surface area contributed by atoms with E-state index in [-0.39, 0.29) is 45.1 Å². The van der Waals surface area contributed by atoms with E-state index in [2.05, 4.69) is 20.6 Å². The summed E-state index contributed by atoms with van der Waals surface area (Å²) in [5.41, 5.74) is 1.51. The molecule has 14 heteroatoms. The maximum Gasteiger partial charge on any atom is 0.410 e. The Hall–Kier alpha value is -4.01. The van der Waals surface area contributed by atoms with Gasteiger partial charge < -0.3 is 44.7 Å². The van der Waals surface area contributed by atoms with Crippen molar-refractivity contribution in [3.05, 3.63) is 54.1 Å². The van der Waals surface area contributed by atoms with Gasteiger partial charge in [0.25, 0.3) is 0 Å². The molecule has 1 saturated carbocycles. The predicted molar refractivity (Wildman–Crippen MR) is 185 cm³/mol. The van der Waals surface area contributed by atoms with Gasteiger partial charge in [-0.2, -0.15) is 0 Å². The van der Waals surface area contributed by atoms with Crippen molar-refractivity contribution in [1.82, 2.24) is 30.4 Å². The van der Waals surface area contributed by atoms with Gasteiger partial charge in [0.15, 0.2) is 0 Å². The molecule has 0 spiro atoms. The average Bonchev–Trinajstić information content (AvgIpc) is 3.78. The number of nitrogens with one attached hydrogen (secondary N) is 3. The first-order chi connectivity index (χ1) is 24.2. The minimum absolute atomic E-state index is 0.0795. The van der Waals surface area contributed by atoms with Crippen LogP contribution < -0.4 is 10.6 Å². The van der Waals surface area contributed by atoms with Crippen molar-refractivity contribution in [1.29, 1.82) is 0 Å². The molecule has 4 amide bonds. The van der Waals surface area contributed by atoms with Gasteiger partial charge in [-0.05, 0) is 31.2 Å². The van der Waals surface area contributed by atoms with Crippen molar-refractivity contribution < 1.29 is 38.5 Å². The van der Waals surface area contributed by atoms with E-state index in [9.17, 15) is 24.3 Å². The van der Waals surface area contributed by atoms with E-state index in [1.165, 1.54) is 23.2 Å². The molecule has 1 aromatic carbocycles. The molecular formula is C36H54N6O8. The van der Waals surface area contributed by atoms with Crippen LogP contribution in [0.2, 0.25) is 0 Å². The number of carbonyl (C=O) groups excluding carboxylic acids is 4. The van der Waals surface area contributed by atoms with Gasteiger partial charge in [0, 0.05) is 52.0 Å². The summed E-state index contributed by atoms with van der Waals surface area (Å²) in [5, 5.41) is 17.5. The summed E-state index contributed by atoms with van der Waals surface area (Å²) < 4.78 is 15.8. The van der Waals surface area contributed by atoms with Crippen LogP contribution in [0.15, 0.2) is 42.9 Å². The Morgan fingerprint density at radius 1 is 1.12 bits per heavy atom. The smallest absolute Gasteiger partial charge is 0.410 e. The number of hydrogen-bond donors (Lipinski definition) is 4. The van der Waals surface area contributed by atoms with Crippen LogP contribution in [0.1, 0.15) is 63.1 Å². The molecule has 1 saturated heterocycles. The van der Waals surface area contributed by atoms with E-state index < -0.39 is 48.1 Å². The second-order valence-electron chi connectivity index (χ2n) is 13.4. The van der Waals surface area contributed by atoms with E-state index in [0.29, 0.717) is 31.1 Å². The molecule has 276 valence electrons. The molecular weight excluding hydrogens is 644 g/mol. The number of aromatic amines is 1. The summed E-state index contributed by atoms with van der Waals surface area (Å²) in [6.45, 7) is 3.23. The minimum atomic E-state index is -1.14. The SMILES string of the molecule is CCN1C[C@@H]([C@H](O)[C@H](CC2CCCCC2)NC(=O)[C@H](Cc2cnc[nH]2)NC(=O)[C@@H](CC(=O)N(C)CCOCOC)Cc2ccccc2)OC1=O. The third-order valence-electron chi connectivity index (χ3n) is 9.65. The van der Waals surface area contributed by atoms with Crippen molar-refractivity contribution in [2.45, 2.75) is 89.0 Å². The fourth-order valence-electron chi connectivity index (χ4n) is 6.68. The molecule has 2 aromatic rings. The number of methoxy groups -OCH3 is 1. The summed E-state index contributed by atoms with van der Waals surface area (Å²) in [5.74, 6) is -1.65. The molecule has 1 aliphatic carbocycles. The van der Waals surface area contributed by atoms with Crippen LogP contribution in [0, 0.1) is 11.8 Å². The molecule has 1 aromatic heterocycles. The number of ether oxygens (including phenoxy) is 3. The Morgan fingerprint density at radius 2 is 1.88 bits per heavy atom. The number of H-pyrrole nitrogens is 1. The zero-order valence-corrected chi connectivity index (χ0v) is 29.6. The largest absolute Gasteiger partial charge is 0.441 e. The number of hydrogen-bond acceptors (Lipinski definition) is 9. The van der Waals surface area contributed by atoms with Gasteiger partial charge in [0.05, 0.1) is 31.4 Å². The first kappa shape index (κ1) is 38.8. The van der Waals surface area contributed by atoms with E-state index in [0.717, 1.165) is 37.7 Å². The molecule has 4 N–H and O–H groups in total. The quantitative estimate of drug-likeness (QED) is 0.120. The number of rotatable bonds is 20. The number of aliphatic hydroxyl groups excluding tert-OH is 1. The van der Waals surface area contributed by atoms with Crippen molar-refractivity contribution >= 4 is 23.8 Å². The van der Waals surface area contributed by atoms with Crippen LogP contribution in [0.3, 0.4) is 0 Å². The van der Waals surface area contributed by atoms with E-state index in [1.807, 2.05) is 37.3 Å². The molecule has 50 heavy (non-hydrogen) atoms. The van der Waals surface area contributed by atoms with Gasteiger partial charge in [-0.15, -0.1) is 0 Å². The molecule has 0 radical (unpaired) electrons. The van der Waals surface area contributed by atoms with Gasteiger partial charge in [-0.3, -0.25) is 14.4 Å². The second kappa shape index (κ2) is 20.0. The number of benzene rings is 1. The minimum Gasteiger partial charge on any atom is -0.441 e. The molecule has 2 aliphatic rings. The predicted octanol–water partition coefficient (Wildman–Crippen LogP) is 2.42. The summed E-state index contributed by atoms with van der Waals surface area (Å²) in [6, 6.07) is 7.67. The number of nitrogens with zero attached hydrogens (tertiary/aromatic N) is 3. The third kappa shape index (κ3) is 11.8. The van der Waals surface area contributed by atoms with Crippen LogP contribution in [-0.2, 0) is 41.4 Å². The number of cyclic esters (lactones) is 1. The summed E-state index contributed by atoms with van der Waals surface area (Å²) in [7, 11) is 3.18. The van der Waals surface area contributed by atoms with Crippen LogP contribution in [0.25, 0.3) is 0 Å². The van der Waals surface area contributed by atoms with E-state index >= 15 is 0 Å². The lowest BCUT2D eigenvalue weighted by Crippen LogP contribution is -2.57. The summed E-state index contributed by atoms with van der Waals surface area (Å²) >= 11 is 0. The zero-order valence-electron chi connectivity index (χ0n) is 29.6. The lowest BCUT2D eigenvalue weighted by atomic mass is 9.83. The molecule has 5 atom stereocenters. The van der Waals surface area contributed by atoms with Crippen LogP contribution >= 0.6 is 0 Å². The van der Waals surface area contributed by atoms with Gasteiger partial charge in [0.2, 0.25) is 17.7 Å². The average molecular weight is 699 g/mol. The van der Waals surface area contributed by atoms with Crippen LogP contribution in [-0.4, -0.2) is 120 Å². The second-order valence-corrected chi connectivity index (χ2v) is 13.4. The lowest BCUT2D eigenvalue weighted by Gasteiger charge is -2.33. The fraction of sp³-hybridized carbons (Fsp3) is 0.639.